The van der Waals surface area contributed by atoms with Gasteiger partial charge in [-0.2, -0.15) is 18.2 Å². The maximum Gasteiger partial charge on any atom is 0.451 e. The number of hydrogen-bond acceptors (Lipinski definition) is 5. The third-order valence-electron chi connectivity index (χ3n) is 3.59. The second kappa shape index (κ2) is 7.12. The molecule has 2 amide bonds. The van der Waals surface area contributed by atoms with E-state index in [0.717, 1.165) is 6.42 Å². The van der Waals surface area contributed by atoms with E-state index >= 15 is 0 Å². The second-order valence-electron chi connectivity index (χ2n) is 5.53. The zero-order valence-corrected chi connectivity index (χ0v) is 13.3. The van der Waals surface area contributed by atoms with Gasteiger partial charge in [0.1, 0.15) is 6.10 Å². The van der Waals surface area contributed by atoms with Gasteiger partial charge in [0, 0.05) is 17.9 Å². The lowest BCUT2D eigenvalue weighted by molar-refractivity contribution is -0.144. The molecule has 3 N–H and O–H groups in total. The van der Waals surface area contributed by atoms with Crippen molar-refractivity contribution in [3.8, 4) is 0 Å². The number of hydrogen-bond donors (Lipinski definition) is 3. The highest BCUT2D eigenvalue weighted by molar-refractivity contribution is 6.04. The molecule has 11 heteroatoms. The Morgan fingerprint density at radius 3 is 2.73 bits per heavy atom. The monoisotopic (exact) mass is 369 g/mol. The molecular formula is C15H14F3N5O3. The first-order chi connectivity index (χ1) is 12.3. The summed E-state index contributed by atoms with van der Waals surface area (Å²) in [7, 11) is 0. The highest BCUT2D eigenvalue weighted by atomic mass is 19.4. The molecule has 138 valence electrons. The van der Waals surface area contributed by atoms with Gasteiger partial charge in [0.25, 0.3) is 11.8 Å². The maximum atomic E-state index is 12.5. The predicted octanol–water partition coefficient (Wildman–Crippen LogP) is 2.19. The van der Waals surface area contributed by atoms with Crippen molar-refractivity contribution in [2.45, 2.75) is 25.1 Å². The minimum absolute atomic E-state index is 0.119. The van der Waals surface area contributed by atoms with Gasteiger partial charge in [-0.15, -0.1) is 5.10 Å². The molecule has 0 bridgehead atoms. The van der Waals surface area contributed by atoms with Gasteiger partial charge in [-0.1, -0.05) is 6.07 Å². The van der Waals surface area contributed by atoms with Crippen LogP contribution in [0, 0.1) is 0 Å². The second-order valence-corrected chi connectivity index (χ2v) is 5.53. The lowest BCUT2D eigenvalue weighted by Crippen LogP contribution is -2.27. The molecule has 1 unspecified atom stereocenters. The van der Waals surface area contributed by atoms with Crippen LogP contribution in [-0.2, 0) is 15.7 Å². The Labute approximate surface area is 145 Å². The van der Waals surface area contributed by atoms with Crippen molar-refractivity contribution in [1.29, 1.82) is 0 Å². The zero-order valence-electron chi connectivity index (χ0n) is 13.3. The van der Waals surface area contributed by atoms with Gasteiger partial charge in [-0.25, -0.2) is 0 Å². The SMILES string of the molecule is O=C(Nc1n[nH]c(C(F)(F)F)n1)c1cccc(NC(=O)C2CCCO2)c1. The Balaban J connectivity index is 1.66. The first-order valence-electron chi connectivity index (χ1n) is 7.66. The molecule has 1 atom stereocenters. The molecule has 0 aliphatic carbocycles. The normalized spacial score (nSPS) is 17.1. The van der Waals surface area contributed by atoms with E-state index in [4.69, 9.17) is 4.74 Å². The maximum absolute atomic E-state index is 12.5. The van der Waals surface area contributed by atoms with E-state index in [1.165, 1.54) is 18.2 Å². The molecule has 1 saturated heterocycles. The molecule has 0 saturated carbocycles. The minimum atomic E-state index is -4.69. The number of nitrogens with one attached hydrogen (secondary N) is 3. The summed E-state index contributed by atoms with van der Waals surface area (Å²) in [4.78, 5) is 27.3. The number of alkyl halides is 3. The molecular weight excluding hydrogens is 355 g/mol. The van der Waals surface area contributed by atoms with Gasteiger partial charge >= 0.3 is 6.18 Å². The van der Waals surface area contributed by atoms with Crippen LogP contribution in [0.3, 0.4) is 0 Å². The summed E-state index contributed by atoms with van der Waals surface area (Å²) in [5, 5.41) is 9.79. The summed E-state index contributed by atoms with van der Waals surface area (Å²) in [6, 6.07) is 5.94. The van der Waals surface area contributed by atoms with Crippen LogP contribution in [0.5, 0.6) is 0 Å². The third kappa shape index (κ3) is 4.17. The van der Waals surface area contributed by atoms with Crippen molar-refractivity contribution < 1.29 is 27.5 Å². The summed E-state index contributed by atoms with van der Waals surface area (Å²) in [5.41, 5.74) is 0.484. The van der Waals surface area contributed by atoms with E-state index in [1.807, 2.05) is 0 Å². The topological polar surface area (TPSA) is 109 Å². The first kappa shape index (κ1) is 17.9. The lowest BCUT2D eigenvalue weighted by atomic mass is 10.1. The largest absolute Gasteiger partial charge is 0.451 e. The third-order valence-corrected chi connectivity index (χ3v) is 3.59. The Kier molecular flexibility index (Phi) is 4.89. The van der Waals surface area contributed by atoms with Crippen molar-refractivity contribution in [2.24, 2.45) is 0 Å². The lowest BCUT2D eigenvalue weighted by Gasteiger charge is -2.11. The number of H-pyrrole nitrogens is 1. The van der Waals surface area contributed by atoms with Crippen molar-refractivity contribution >= 4 is 23.5 Å². The number of aromatic nitrogens is 3. The van der Waals surface area contributed by atoms with Gasteiger partial charge in [0.05, 0.1) is 0 Å². The summed E-state index contributed by atoms with van der Waals surface area (Å²) in [6.07, 6.45) is -3.79. The van der Waals surface area contributed by atoms with Gasteiger partial charge in [-0.05, 0) is 31.0 Å². The highest BCUT2D eigenvalue weighted by Gasteiger charge is 2.35. The van der Waals surface area contributed by atoms with Crippen molar-refractivity contribution in [1.82, 2.24) is 15.2 Å². The fourth-order valence-corrected chi connectivity index (χ4v) is 2.36. The highest BCUT2D eigenvalue weighted by Crippen LogP contribution is 2.26. The van der Waals surface area contributed by atoms with Crippen molar-refractivity contribution in [2.75, 3.05) is 17.2 Å². The van der Waals surface area contributed by atoms with E-state index in [9.17, 15) is 22.8 Å². The van der Waals surface area contributed by atoms with E-state index < -0.39 is 30.0 Å². The van der Waals surface area contributed by atoms with E-state index in [0.29, 0.717) is 18.7 Å². The number of ether oxygens (including phenoxy) is 1. The predicted molar refractivity (Wildman–Crippen MR) is 83.4 cm³/mol. The van der Waals surface area contributed by atoms with Gasteiger partial charge in [0.15, 0.2) is 0 Å². The number of carbonyl (C=O) groups excluding carboxylic acids is 2. The van der Waals surface area contributed by atoms with Gasteiger partial charge in [0.2, 0.25) is 11.8 Å². The van der Waals surface area contributed by atoms with E-state index in [-0.39, 0.29) is 11.5 Å². The van der Waals surface area contributed by atoms with Gasteiger partial charge < -0.3 is 10.1 Å². The number of rotatable bonds is 4. The van der Waals surface area contributed by atoms with Crippen LogP contribution in [0.1, 0.15) is 29.0 Å². The van der Waals surface area contributed by atoms with Crippen LogP contribution < -0.4 is 10.6 Å². The van der Waals surface area contributed by atoms with Crippen LogP contribution in [0.25, 0.3) is 0 Å². The molecule has 3 rings (SSSR count). The number of benzene rings is 1. The molecule has 8 nitrogen and oxygen atoms in total. The first-order valence-corrected chi connectivity index (χ1v) is 7.66. The Morgan fingerprint density at radius 2 is 2.08 bits per heavy atom. The molecule has 1 aliphatic heterocycles. The fourth-order valence-electron chi connectivity index (χ4n) is 2.36. The minimum Gasteiger partial charge on any atom is -0.368 e. The van der Waals surface area contributed by atoms with E-state index in [2.05, 4.69) is 20.7 Å². The number of carbonyl (C=O) groups is 2. The zero-order chi connectivity index (χ0) is 18.7. The molecule has 1 aromatic carbocycles. The molecule has 2 aromatic rings. The Morgan fingerprint density at radius 1 is 1.27 bits per heavy atom. The van der Waals surface area contributed by atoms with Crippen molar-refractivity contribution in [3.63, 3.8) is 0 Å². The summed E-state index contributed by atoms with van der Waals surface area (Å²) in [5.74, 6) is -2.85. The Hall–Kier alpha value is -2.95. The quantitative estimate of drug-likeness (QED) is 0.766. The van der Waals surface area contributed by atoms with Crippen LogP contribution in [0.4, 0.5) is 24.8 Å². The van der Waals surface area contributed by atoms with Crippen LogP contribution in [0.2, 0.25) is 0 Å². The molecule has 1 aromatic heterocycles. The summed E-state index contributed by atoms with van der Waals surface area (Å²) < 4.78 is 42.7. The molecule has 0 radical (unpaired) electrons. The molecule has 0 spiro atoms. The smallest absolute Gasteiger partial charge is 0.368 e. The van der Waals surface area contributed by atoms with Crippen LogP contribution >= 0.6 is 0 Å². The molecule has 1 aliphatic rings. The van der Waals surface area contributed by atoms with Crippen LogP contribution in [-0.4, -0.2) is 39.7 Å². The van der Waals surface area contributed by atoms with Gasteiger partial charge in [-0.3, -0.25) is 20.0 Å². The number of amides is 2. The molecule has 1 fully saturated rings. The Bertz CT molecular complexity index is 815. The summed E-state index contributed by atoms with van der Waals surface area (Å²) >= 11 is 0. The average Bonchev–Trinajstić information content (AvgIpc) is 3.26. The molecule has 2 heterocycles. The van der Waals surface area contributed by atoms with Crippen LogP contribution in [0.15, 0.2) is 24.3 Å². The fraction of sp³-hybridized carbons (Fsp3) is 0.333. The van der Waals surface area contributed by atoms with Crippen molar-refractivity contribution in [3.05, 3.63) is 35.7 Å². The standard InChI is InChI=1S/C15H14F3N5O3/c16-15(17,18)13-21-14(23-22-13)20-11(24)8-3-1-4-9(7-8)19-12(25)10-5-2-6-26-10/h1,3-4,7,10H,2,5-6H2,(H,19,25)(H2,20,21,22,23,24). The summed E-state index contributed by atoms with van der Waals surface area (Å²) in [6.45, 7) is 0.525. The number of aromatic amines is 1. The van der Waals surface area contributed by atoms with E-state index in [1.54, 1.807) is 11.2 Å². The number of halogens is 3. The number of nitrogens with zero attached hydrogens (tertiary/aromatic N) is 2. The number of anilines is 2. The molecule has 26 heavy (non-hydrogen) atoms. The average molecular weight is 369 g/mol.